The number of aliphatic carboxylic acids is 1. The maximum atomic E-state index is 12.4. The second-order valence-electron chi connectivity index (χ2n) is 6.24. The van der Waals surface area contributed by atoms with Gasteiger partial charge in [0.15, 0.2) is 0 Å². The normalized spacial score (nSPS) is 18.0. The van der Waals surface area contributed by atoms with Crippen LogP contribution in [0.5, 0.6) is 0 Å². The molecule has 0 saturated carbocycles. The molecule has 1 aromatic carbocycles. The second-order valence-corrected chi connectivity index (χ2v) is 6.24. The number of nitrogens with one attached hydrogen (secondary N) is 1. The number of aromatic amines is 1. The van der Waals surface area contributed by atoms with Crippen LogP contribution in [0.3, 0.4) is 0 Å². The lowest BCUT2D eigenvalue weighted by molar-refractivity contribution is -0.147. The zero-order valence-electron chi connectivity index (χ0n) is 13.7. The predicted octanol–water partition coefficient (Wildman–Crippen LogP) is 2.11. The van der Waals surface area contributed by atoms with E-state index in [1.54, 1.807) is 4.90 Å². The SMILES string of the molecule is Cc1cccc2c(CCC(=O)N3CCO[C@H](CC(=O)O)C3)c[nH]c12. The van der Waals surface area contributed by atoms with E-state index in [0.717, 1.165) is 16.5 Å². The first-order valence-electron chi connectivity index (χ1n) is 8.21. The number of aryl methyl sites for hydroxylation is 2. The molecule has 6 nitrogen and oxygen atoms in total. The lowest BCUT2D eigenvalue weighted by Gasteiger charge is -2.32. The summed E-state index contributed by atoms with van der Waals surface area (Å²) in [5.74, 6) is -0.848. The van der Waals surface area contributed by atoms with Gasteiger partial charge in [-0.2, -0.15) is 0 Å². The minimum Gasteiger partial charge on any atom is -0.481 e. The molecular formula is C18H22N2O4. The van der Waals surface area contributed by atoms with Crippen molar-refractivity contribution in [3.63, 3.8) is 0 Å². The minimum atomic E-state index is -0.900. The van der Waals surface area contributed by atoms with Gasteiger partial charge in [0.2, 0.25) is 5.91 Å². The number of carboxylic acid groups (broad SMARTS) is 1. The van der Waals surface area contributed by atoms with Crippen molar-refractivity contribution in [2.75, 3.05) is 19.7 Å². The molecule has 1 aliphatic heterocycles. The predicted molar refractivity (Wildman–Crippen MR) is 89.9 cm³/mol. The number of carbonyl (C=O) groups is 2. The Balaban J connectivity index is 1.60. The Labute approximate surface area is 140 Å². The standard InChI is InChI=1S/C18H22N2O4/c1-12-3-2-4-15-13(10-19-18(12)15)5-6-16(21)20-7-8-24-14(11-20)9-17(22)23/h2-4,10,14,19H,5-9,11H2,1H3,(H,22,23)/t14-/m1/s1. The second kappa shape index (κ2) is 7.05. The minimum absolute atomic E-state index is 0.0516. The Morgan fingerprint density at radius 1 is 1.42 bits per heavy atom. The third-order valence-corrected chi connectivity index (χ3v) is 4.51. The molecular weight excluding hydrogens is 308 g/mol. The molecule has 1 aliphatic rings. The molecule has 2 aromatic rings. The van der Waals surface area contributed by atoms with Gasteiger partial charge >= 0.3 is 5.97 Å². The molecule has 2 N–H and O–H groups in total. The lowest BCUT2D eigenvalue weighted by Crippen LogP contribution is -2.46. The largest absolute Gasteiger partial charge is 0.481 e. The number of ether oxygens (including phenoxy) is 1. The number of carboxylic acids is 1. The van der Waals surface area contributed by atoms with Gasteiger partial charge in [-0.05, 0) is 24.5 Å². The summed E-state index contributed by atoms with van der Waals surface area (Å²) in [5.41, 5.74) is 3.44. The molecule has 1 saturated heterocycles. The van der Waals surface area contributed by atoms with Gasteiger partial charge < -0.3 is 19.7 Å². The fourth-order valence-electron chi connectivity index (χ4n) is 3.23. The van der Waals surface area contributed by atoms with Crippen molar-refractivity contribution in [3.05, 3.63) is 35.5 Å². The first-order chi connectivity index (χ1) is 11.5. The Morgan fingerprint density at radius 3 is 3.04 bits per heavy atom. The third kappa shape index (κ3) is 3.59. The maximum Gasteiger partial charge on any atom is 0.306 e. The molecule has 2 heterocycles. The molecule has 1 fully saturated rings. The Kier molecular flexibility index (Phi) is 4.85. The smallest absolute Gasteiger partial charge is 0.306 e. The zero-order valence-corrected chi connectivity index (χ0v) is 13.7. The van der Waals surface area contributed by atoms with E-state index in [9.17, 15) is 9.59 Å². The summed E-state index contributed by atoms with van der Waals surface area (Å²) in [5, 5.41) is 10.0. The summed E-state index contributed by atoms with van der Waals surface area (Å²) < 4.78 is 5.41. The van der Waals surface area contributed by atoms with Crippen molar-refractivity contribution in [1.82, 2.24) is 9.88 Å². The van der Waals surface area contributed by atoms with Crippen molar-refractivity contribution in [2.24, 2.45) is 0 Å². The number of para-hydroxylation sites is 1. The van der Waals surface area contributed by atoms with Gasteiger partial charge in [-0.15, -0.1) is 0 Å². The van der Waals surface area contributed by atoms with Crippen molar-refractivity contribution in [1.29, 1.82) is 0 Å². The van der Waals surface area contributed by atoms with Crippen LogP contribution < -0.4 is 0 Å². The monoisotopic (exact) mass is 330 g/mol. The average molecular weight is 330 g/mol. The summed E-state index contributed by atoms with van der Waals surface area (Å²) in [7, 11) is 0. The van der Waals surface area contributed by atoms with Crippen LogP contribution in [0.4, 0.5) is 0 Å². The third-order valence-electron chi connectivity index (χ3n) is 4.51. The number of amides is 1. The number of aromatic nitrogens is 1. The van der Waals surface area contributed by atoms with E-state index >= 15 is 0 Å². The van der Waals surface area contributed by atoms with Crippen molar-refractivity contribution < 1.29 is 19.4 Å². The van der Waals surface area contributed by atoms with Crippen LogP contribution in [0.2, 0.25) is 0 Å². The van der Waals surface area contributed by atoms with Gasteiger partial charge in [-0.3, -0.25) is 9.59 Å². The molecule has 0 radical (unpaired) electrons. The fourth-order valence-corrected chi connectivity index (χ4v) is 3.23. The topological polar surface area (TPSA) is 82.6 Å². The number of fused-ring (bicyclic) bond motifs is 1. The molecule has 6 heteroatoms. The van der Waals surface area contributed by atoms with Gasteiger partial charge in [0, 0.05) is 36.6 Å². The van der Waals surface area contributed by atoms with Gasteiger partial charge in [-0.25, -0.2) is 0 Å². The van der Waals surface area contributed by atoms with E-state index < -0.39 is 12.1 Å². The van der Waals surface area contributed by atoms with Crippen molar-refractivity contribution in [2.45, 2.75) is 32.3 Å². The highest BCUT2D eigenvalue weighted by Gasteiger charge is 2.25. The number of H-pyrrole nitrogens is 1. The number of hydrogen-bond donors (Lipinski definition) is 2. The highest BCUT2D eigenvalue weighted by atomic mass is 16.5. The van der Waals surface area contributed by atoms with E-state index in [1.807, 2.05) is 12.3 Å². The van der Waals surface area contributed by atoms with E-state index in [4.69, 9.17) is 9.84 Å². The Hall–Kier alpha value is -2.34. The number of nitrogens with zero attached hydrogens (tertiary/aromatic N) is 1. The van der Waals surface area contributed by atoms with Crippen LogP contribution in [-0.2, 0) is 20.7 Å². The Morgan fingerprint density at radius 2 is 2.25 bits per heavy atom. The molecule has 1 amide bonds. The Bertz CT molecular complexity index is 753. The summed E-state index contributed by atoms with van der Waals surface area (Å²) in [6.45, 7) is 3.35. The van der Waals surface area contributed by atoms with Gasteiger partial charge in [0.05, 0.1) is 19.1 Å². The summed E-state index contributed by atoms with van der Waals surface area (Å²) in [6, 6.07) is 6.15. The summed E-state index contributed by atoms with van der Waals surface area (Å²) in [4.78, 5) is 28.2. The van der Waals surface area contributed by atoms with E-state index in [0.29, 0.717) is 32.5 Å². The van der Waals surface area contributed by atoms with E-state index in [-0.39, 0.29) is 12.3 Å². The summed E-state index contributed by atoms with van der Waals surface area (Å²) in [6.07, 6.45) is 2.59. The van der Waals surface area contributed by atoms with Crippen molar-refractivity contribution in [3.8, 4) is 0 Å². The van der Waals surface area contributed by atoms with E-state index in [2.05, 4.69) is 24.0 Å². The number of carbonyl (C=O) groups excluding carboxylic acids is 1. The molecule has 0 spiro atoms. The van der Waals surface area contributed by atoms with Gasteiger partial charge in [0.25, 0.3) is 0 Å². The molecule has 0 unspecified atom stereocenters. The number of benzene rings is 1. The van der Waals surface area contributed by atoms with Gasteiger partial charge in [-0.1, -0.05) is 18.2 Å². The number of rotatable bonds is 5. The maximum absolute atomic E-state index is 12.4. The van der Waals surface area contributed by atoms with Crippen LogP contribution in [0.15, 0.2) is 24.4 Å². The summed E-state index contributed by atoms with van der Waals surface area (Å²) >= 11 is 0. The van der Waals surface area contributed by atoms with Crippen LogP contribution in [0.25, 0.3) is 10.9 Å². The lowest BCUT2D eigenvalue weighted by atomic mass is 10.1. The quantitative estimate of drug-likeness (QED) is 0.879. The van der Waals surface area contributed by atoms with Crippen LogP contribution in [0, 0.1) is 6.92 Å². The highest BCUT2D eigenvalue weighted by Crippen LogP contribution is 2.22. The van der Waals surface area contributed by atoms with Crippen LogP contribution in [0.1, 0.15) is 24.0 Å². The molecule has 128 valence electrons. The van der Waals surface area contributed by atoms with Gasteiger partial charge in [0.1, 0.15) is 0 Å². The average Bonchev–Trinajstić information content (AvgIpc) is 2.97. The van der Waals surface area contributed by atoms with Crippen LogP contribution >= 0.6 is 0 Å². The molecule has 24 heavy (non-hydrogen) atoms. The first-order valence-corrected chi connectivity index (χ1v) is 8.21. The van der Waals surface area contributed by atoms with E-state index in [1.165, 1.54) is 5.56 Å². The fraction of sp³-hybridized carbons (Fsp3) is 0.444. The zero-order chi connectivity index (χ0) is 17.1. The van der Waals surface area contributed by atoms with Crippen LogP contribution in [-0.4, -0.2) is 52.7 Å². The number of morpholine rings is 1. The molecule has 0 aliphatic carbocycles. The number of hydrogen-bond acceptors (Lipinski definition) is 3. The molecule has 1 aromatic heterocycles. The highest BCUT2D eigenvalue weighted by molar-refractivity contribution is 5.86. The molecule has 0 bridgehead atoms. The molecule has 1 atom stereocenters. The first kappa shape index (κ1) is 16.5. The molecule has 3 rings (SSSR count). The van der Waals surface area contributed by atoms with Crippen molar-refractivity contribution >= 4 is 22.8 Å².